The first-order chi connectivity index (χ1) is 9.58. The van der Waals surface area contributed by atoms with Gasteiger partial charge in [0.1, 0.15) is 0 Å². The molecule has 2 heterocycles. The Labute approximate surface area is 120 Å². The number of carbonyl (C=O) groups excluding carboxylic acids is 2. The molecule has 6 heteroatoms. The molecule has 3 rings (SSSR count). The van der Waals surface area contributed by atoms with Crippen molar-refractivity contribution in [2.45, 2.75) is 25.0 Å². The Hall–Kier alpha value is -1.59. The molecule has 2 bridgehead atoms. The standard InChI is InChI=1S/C14H14ClNO4/c15-7-3-1-2-4-8(7)16-13(17)11-9-5-6-10(20-9)12(11)14(18)19/h1-4,9-12H,5-6H2,(H,16,17)(H,18,19)/p-1/t9-,10+,11-,12-/m0/s1. The van der Waals surface area contributed by atoms with E-state index in [4.69, 9.17) is 16.3 Å². The summed E-state index contributed by atoms with van der Waals surface area (Å²) >= 11 is 5.98. The number of carboxylic acids is 1. The maximum atomic E-state index is 12.3. The van der Waals surface area contributed by atoms with E-state index in [-0.39, 0.29) is 12.0 Å². The third kappa shape index (κ3) is 2.17. The quantitative estimate of drug-likeness (QED) is 0.895. The summed E-state index contributed by atoms with van der Waals surface area (Å²) in [5.41, 5.74) is 0.471. The molecule has 1 aromatic rings. The third-order valence-corrected chi connectivity index (χ3v) is 4.31. The monoisotopic (exact) mass is 294 g/mol. The zero-order valence-corrected chi connectivity index (χ0v) is 11.3. The van der Waals surface area contributed by atoms with Gasteiger partial charge < -0.3 is 20.0 Å². The van der Waals surface area contributed by atoms with Crippen LogP contribution in [0, 0.1) is 11.8 Å². The van der Waals surface area contributed by atoms with Crippen LogP contribution in [0.15, 0.2) is 24.3 Å². The fourth-order valence-corrected chi connectivity index (χ4v) is 3.27. The van der Waals surface area contributed by atoms with Gasteiger partial charge >= 0.3 is 0 Å². The number of amides is 1. The molecule has 0 saturated carbocycles. The molecule has 2 aliphatic heterocycles. The van der Waals surface area contributed by atoms with Gasteiger partial charge in [-0.1, -0.05) is 23.7 Å². The average Bonchev–Trinajstić information content (AvgIpc) is 3.01. The van der Waals surface area contributed by atoms with E-state index in [0.29, 0.717) is 23.6 Å². The second kappa shape index (κ2) is 5.07. The largest absolute Gasteiger partial charge is 0.550 e. The first-order valence-electron chi connectivity index (χ1n) is 6.49. The lowest BCUT2D eigenvalue weighted by molar-refractivity contribution is -0.313. The van der Waals surface area contributed by atoms with E-state index < -0.39 is 23.9 Å². The molecule has 4 atom stereocenters. The van der Waals surface area contributed by atoms with Crippen LogP contribution in [-0.2, 0) is 14.3 Å². The number of aliphatic carboxylic acids is 1. The predicted octanol–water partition coefficient (Wildman–Crippen LogP) is 0.822. The summed E-state index contributed by atoms with van der Waals surface area (Å²) in [6.45, 7) is 0. The number of hydrogen-bond acceptors (Lipinski definition) is 4. The number of fused-ring (bicyclic) bond motifs is 2. The summed E-state index contributed by atoms with van der Waals surface area (Å²) in [7, 11) is 0. The Balaban J connectivity index is 1.80. The number of para-hydroxylation sites is 1. The molecular formula is C14H13ClNO4-. The van der Waals surface area contributed by atoms with Gasteiger partial charge in [-0.05, 0) is 25.0 Å². The minimum atomic E-state index is -1.23. The number of anilines is 1. The molecule has 106 valence electrons. The molecule has 0 radical (unpaired) electrons. The van der Waals surface area contributed by atoms with Gasteiger partial charge in [-0.3, -0.25) is 4.79 Å². The Kier molecular flexibility index (Phi) is 3.40. The van der Waals surface area contributed by atoms with Crippen LogP contribution < -0.4 is 10.4 Å². The highest BCUT2D eigenvalue weighted by Gasteiger charge is 2.52. The first-order valence-corrected chi connectivity index (χ1v) is 6.87. The topological polar surface area (TPSA) is 78.5 Å². The SMILES string of the molecule is O=C(Nc1ccccc1Cl)[C@@H]1[C@@H](C(=O)[O-])[C@H]2CC[C@@H]1O2. The number of halogens is 1. The van der Waals surface area contributed by atoms with Crippen molar-refractivity contribution < 1.29 is 19.4 Å². The van der Waals surface area contributed by atoms with E-state index in [1.807, 2.05) is 0 Å². The van der Waals surface area contributed by atoms with Crippen LogP contribution in [0.1, 0.15) is 12.8 Å². The van der Waals surface area contributed by atoms with Crippen molar-refractivity contribution in [1.82, 2.24) is 0 Å². The molecule has 0 aliphatic carbocycles. The molecular weight excluding hydrogens is 282 g/mol. The van der Waals surface area contributed by atoms with Gasteiger partial charge in [0.05, 0.1) is 28.8 Å². The molecule has 1 N–H and O–H groups in total. The summed E-state index contributed by atoms with van der Waals surface area (Å²) < 4.78 is 5.53. The second-order valence-corrected chi connectivity index (χ2v) is 5.54. The van der Waals surface area contributed by atoms with Gasteiger partial charge in [0.2, 0.25) is 5.91 Å². The lowest BCUT2D eigenvalue weighted by atomic mass is 9.78. The molecule has 2 aliphatic rings. The molecule has 5 nitrogen and oxygen atoms in total. The van der Waals surface area contributed by atoms with Crippen molar-refractivity contribution in [2.24, 2.45) is 11.8 Å². The lowest BCUT2D eigenvalue weighted by Crippen LogP contribution is -2.46. The summed E-state index contributed by atoms with van der Waals surface area (Å²) in [4.78, 5) is 23.6. The van der Waals surface area contributed by atoms with Crippen molar-refractivity contribution in [1.29, 1.82) is 0 Å². The minimum absolute atomic E-state index is 0.342. The van der Waals surface area contributed by atoms with Gasteiger partial charge in [0, 0.05) is 11.9 Å². The second-order valence-electron chi connectivity index (χ2n) is 5.13. The third-order valence-electron chi connectivity index (χ3n) is 3.98. The van der Waals surface area contributed by atoms with Gasteiger partial charge in [-0.2, -0.15) is 0 Å². The first kappa shape index (κ1) is 13.4. The van der Waals surface area contributed by atoms with E-state index >= 15 is 0 Å². The van der Waals surface area contributed by atoms with Crippen LogP contribution in [0.2, 0.25) is 5.02 Å². The summed E-state index contributed by atoms with van der Waals surface area (Å²) in [5, 5.41) is 14.3. The Bertz CT molecular complexity index is 562. The van der Waals surface area contributed by atoms with Crippen LogP contribution in [0.4, 0.5) is 5.69 Å². The number of carbonyl (C=O) groups is 2. The van der Waals surface area contributed by atoms with Crippen molar-refractivity contribution >= 4 is 29.2 Å². The Morgan fingerprint density at radius 1 is 1.20 bits per heavy atom. The summed E-state index contributed by atoms with van der Waals surface area (Å²) in [6.07, 6.45) is 0.617. The van der Waals surface area contributed by atoms with Gasteiger partial charge in [0.25, 0.3) is 0 Å². The number of hydrogen-bond donors (Lipinski definition) is 1. The molecule has 0 spiro atoms. The van der Waals surface area contributed by atoms with Crippen LogP contribution in [0.25, 0.3) is 0 Å². The summed E-state index contributed by atoms with van der Waals surface area (Å²) in [5.74, 6) is -3.19. The molecule has 1 aromatic carbocycles. The number of ether oxygens (including phenoxy) is 1. The zero-order chi connectivity index (χ0) is 14.3. The average molecular weight is 295 g/mol. The molecule has 2 fully saturated rings. The van der Waals surface area contributed by atoms with Crippen molar-refractivity contribution in [2.75, 3.05) is 5.32 Å². The maximum absolute atomic E-state index is 12.3. The molecule has 2 saturated heterocycles. The predicted molar refractivity (Wildman–Crippen MR) is 70.0 cm³/mol. The van der Waals surface area contributed by atoms with Gasteiger partial charge in [-0.15, -0.1) is 0 Å². The van der Waals surface area contributed by atoms with Crippen LogP contribution >= 0.6 is 11.6 Å². The normalized spacial score (nSPS) is 31.2. The summed E-state index contributed by atoms with van der Waals surface area (Å²) in [6, 6.07) is 6.82. The van der Waals surface area contributed by atoms with Crippen LogP contribution in [-0.4, -0.2) is 24.1 Å². The van der Waals surface area contributed by atoms with E-state index in [1.165, 1.54) is 0 Å². The maximum Gasteiger partial charge on any atom is 0.230 e. The fraction of sp³-hybridized carbons (Fsp3) is 0.429. The van der Waals surface area contributed by atoms with Crippen molar-refractivity contribution in [3.05, 3.63) is 29.3 Å². The molecule has 1 amide bonds. The molecule has 0 aromatic heterocycles. The van der Waals surface area contributed by atoms with Crippen LogP contribution in [0.5, 0.6) is 0 Å². The highest BCUT2D eigenvalue weighted by atomic mass is 35.5. The van der Waals surface area contributed by atoms with Gasteiger partial charge in [0.15, 0.2) is 0 Å². The Morgan fingerprint density at radius 3 is 2.50 bits per heavy atom. The minimum Gasteiger partial charge on any atom is -0.550 e. The lowest BCUT2D eigenvalue weighted by Gasteiger charge is -2.27. The highest BCUT2D eigenvalue weighted by Crippen LogP contribution is 2.43. The fourth-order valence-electron chi connectivity index (χ4n) is 3.09. The highest BCUT2D eigenvalue weighted by molar-refractivity contribution is 6.33. The smallest absolute Gasteiger partial charge is 0.230 e. The molecule has 20 heavy (non-hydrogen) atoms. The number of benzene rings is 1. The number of rotatable bonds is 3. The van der Waals surface area contributed by atoms with Crippen molar-refractivity contribution in [3.8, 4) is 0 Å². The van der Waals surface area contributed by atoms with E-state index in [2.05, 4.69) is 5.32 Å². The van der Waals surface area contributed by atoms with Crippen LogP contribution in [0.3, 0.4) is 0 Å². The van der Waals surface area contributed by atoms with E-state index in [9.17, 15) is 14.7 Å². The zero-order valence-electron chi connectivity index (χ0n) is 10.5. The number of carboxylic acid groups (broad SMARTS) is 1. The van der Waals surface area contributed by atoms with E-state index in [0.717, 1.165) is 0 Å². The van der Waals surface area contributed by atoms with Crippen molar-refractivity contribution in [3.63, 3.8) is 0 Å². The number of nitrogens with one attached hydrogen (secondary N) is 1. The van der Waals surface area contributed by atoms with E-state index in [1.54, 1.807) is 24.3 Å². The Morgan fingerprint density at radius 2 is 1.85 bits per heavy atom. The van der Waals surface area contributed by atoms with Gasteiger partial charge in [-0.25, -0.2) is 0 Å². The molecule has 0 unspecified atom stereocenters.